The van der Waals surface area contributed by atoms with Crippen molar-refractivity contribution in [1.29, 1.82) is 0 Å². The first-order chi connectivity index (χ1) is 9.25. The fraction of sp³-hybridized carbons (Fsp3) is 0.700. The molecule has 0 aliphatic carbocycles. The van der Waals surface area contributed by atoms with E-state index in [2.05, 4.69) is 14.5 Å². The lowest BCUT2D eigenvalue weighted by molar-refractivity contribution is 0.446. The van der Waals surface area contributed by atoms with E-state index < -0.39 is 25.6 Å². The zero-order valence-electron chi connectivity index (χ0n) is 12.6. The van der Waals surface area contributed by atoms with Gasteiger partial charge >= 0.3 is 0 Å². The van der Waals surface area contributed by atoms with Crippen LogP contribution in [0.2, 0.25) is 0 Å². The molecule has 0 amide bonds. The molecule has 1 aromatic heterocycles. The summed E-state index contributed by atoms with van der Waals surface area (Å²) in [5.41, 5.74) is 5.02. The smallest absolute Gasteiger partial charge is 0.246 e. The molecular formula is C10H21N5O4S2. The molecule has 0 saturated carbocycles. The van der Waals surface area contributed by atoms with Gasteiger partial charge in [-0.1, -0.05) is 0 Å². The molecule has 9 nitrogen and oxygen atoms in total. The standard InChI is InChI=1S/C10H21N5O4S2/c1-7-8(9(11)13-15(7)4)21(18,19)12-6-10(2,3)14-20(5,16)17/h12,14H,6H2,1-5H3,(H2,11,13). The van der Waals surface area contributed by atoms with E-state index >= 15 is 0 Å². The average Bonchev–Trinajstić information content (AvgIpc) is 2.47. The van der Waals surface area contributed by atoms with Gasteiger partial charge in [0.15, 0.2) is 5.82 Å². The van der Waals surface area contributed by atoms with Crippen LogP contribution in [-0.2, 0) is 27.1 Å². The van der Waals surface area contributed by atoms with Gasteiger partial charge in [-0.2, -0.15) is 5.10 Å². The third-order valence-electron chi connectivity index (χ3n) is 2.74. The molecule has 11 heteroatoms. The first kappa shape index (κ1) is 17.9. The monoisotopic (exact) mass is 339 g/mol. The lowest BCUT2D eigenvalue weighted by Crippen LogP contribution is -2.51. The van der Waals surface area contributed by atoms with Gasteiger partial charge in [-0.25, -0.2) is 26.3 Å². The fourth-order valence-corrected chi connectivity index (χ4v) is 4.44. The van der Waals surface area contributed by atoms with Gasteiger partial charge in [0, 0.05) is 19.1 Å². The molecular weight excluding hydrogens is 318 g/mol. The van der Waals surface area contributed by atoms with E-state index in [0.717, 1.165) is 6.26 Å². The quantitative estimate of drug-likeness (QED) is 0.603. The summed E-state index contributed by atoms with van der Waals surface area (Å²) in [6.45, 7) is 4.58. The second-order valence-corrected chi connectivity index (χ2v) is 8.96. The molecule has 0 aromatic carbocycles. The topological polar surface area (TPSA) is 136 Å². The lowest BCUT2D eigenvalue weighted by atomic mass is 10.1. The van der Waals surface area contributed by atoms with Crippen LogP contribution in [-0.4, -0.2) is 45.0 Å². The molecule has 0 aliphatic rings. The maximum absolute atomic E-state index is 12.3. The Morgan fingerprint density at radius 3 is 2.19 bits per heavy atom. The summed E-state index contributed by atoms with van der Waals surface area (Å²) in [6.07, 6.45) is 1.01. The molecule has 1 heterocycles. The second kappa shape index (κ2) is 5.55. The van der Waals surface area contributed by atoms with Crippen LogP contribution in [0.4, 0.5) is 5.82 Å². The van der Waals surface area contributed by atoms with Gasteiger partial charge in [-0.15, -0.1) is 0 Å². The molecule has 1 aromatic rings. The number of nitrogens with one attached hydrogen (secondary N) is 2. The molecule has 0 aliphatic heterocycles. The van der Waals surface area contributed by atoms with Crippen molar-refractivity contribution in [2.45, 2.75) is 31.2 Å². The molecule has 21 heavy (non-hydrogen) atoms. The van der Waals surface area contributed by atoms with Crippen molar-refractivity contribution in [1.82, 2.24) is 19.2 Å². The van der Waals surface area contributed by atoms with E-state index in [4.69, 9.17) is 5.73 Å². The van der Waals surface area contributed by atoms with E-state index in [1.165, 1.54) is 4.68 Å². The van der Waals surface area contributed by atoms with Gasteiger partial charge < -0.3 is 5.73 Å². The number of nitrogen functional groups attached to an aromatic ring is 1. The van der Waals surface area contributed by atoms with Crippen molar-refractivity contribution >= 4 is 25.9 Å². The third-order valence-corrected chi connectivity index (χ3v) is 5.23. The Morgan fingerprint density at radius 1 is 1.29 bits per heavy atom. The molecule has 0 radical (unpaired) electrons. The zero-order valence-corrected chi connectivity index (χ0v) is 14.3. The minimum atomic E-state index is -3.88. The number of hydrogen-bond acceptors (Lipinski definition) is 6. The highest BCUT2D eigenvalue weighted by atomic mass is 32.2. The molecule has 122 valence electrons. The maximum Gasteiger partial charge on any atom is 0.246 e. The number of anilines is 1. The second-order valence-electron chi connectivity index (χ2n) is 5.51. The van der Waals surface area contributed by atoms with Crippen LogP contribution < -0.4 is 15.2 Å². The highest BCUT2D eigenvalue weighted by Gasteiger charge is 2.28. The van der Waals surface area contributed by atoms with Crippen molar-refractivity contribution < 1.29 is 16.8 Å². The van der Waals surface area contributed by atoms with Crippen molar-refractivity contribution in [2.75, 3.05) is 18.5 Å². The molecule has 0 unspecified atom stereocenters. The highest BCUT2D eigenvalue weighted by molar-refractivity contribution is 7.89. The summed E-state index contributed by atoms with van der Waals surface area (Å²) in [6, 6.07) is 0. The Labute approximate surface area is 125 Å². The fourth-order valence-electron chi connectivity index (χ4n) is 1.83. The number of nitrogens with two attached hydrogens (primary N) is 1. The zero-order chi connectivity index (χ0) is 16.6. The number of rotatable bonds is 6. The summed E-state index contributed by atoms with van der Waals surface area (Å²) in [5.74, 6) is -0.101. The number of hydrogen-bond donors (Lipinski definition) is 3. The minimum absolute atomic E-state index is 0.0971. The molecule has 0 atom stereocenters. The SMILES string of the molecule is Cc1c(S(=O)(=O)NCC(C)(C)NS(C)(=O)=O)c(N)nn1C. The predicted molar refractivity (Wildman–Crippen MR) is 79.6 cm³/mol. The molecule has 0 spiro atoms. The van der Waals surface area contributed by atoms with Gasteiger partial charge in [-0.05, 0) is 20.8 Å². The van der Waals surface area contributed by atoms with Crippen LogP contribution in [0.25, 0.3) is 0 Å². The van der Waals surface area contributed by atoms with Gasteiger partial charge in [0.2, 0.25) is 20.0 Å². The van der Waals surface area contributed by atoms with Gasteiger partial charge in [0.25, 0.3) is 0 Å². The van der Waals surface area contributed by atoms with Gasteiger partial charge in [0.05, 0.1) is 11.9 Å². The number of sulfonamides is 2. The number of nitrogens with zero attached hydrogens (tertiary/aromatic N) is 2. The van der Waals surface area contributed by atoms with E-state index in [9.17, 15) is 16.8 Å². The summed E-state index contributed by atoms with van der Waals surface area (Å²) < 4.78 is 53.1. The first-order valence-electron chi connectivity index (χ1n) is 6.03. The van der Waals surface area contributed by atoms with Gasteiger partial charge in [0.1, 0.15) is 4.90 Å². The largest absolute Gasteiger partial charge is 0.381 e. The van der Waals surface area contributed by atoms with Crippen molar-refractivity contribution in [3.05, 3.63) is 5.69 Å². The van der Waals surface area contributed by atoms with Crippen LogP contribution in [0.3, 0.4) is 0 Å². The van der Waals surface area contributed by atoms with Crippen LogP contribution in [0.5, 0.6) is 0 Å². The van der Waals surface area contributed by atoms with Crippen molar-refractivity contribution in [3.8, 4) is 0 Å². The Bertz CT molecular complexity index is 734. The summed E-state index contributed by atoms with van der Waals surface area (Å²) in [5, 5.41) is 3.84. The molecule has 1 rings (SSSR count). The lowest BCUT2D eigenvalue weighted by Gasteiger charge is -2.25. The summed E-state index contributed by atoms with van der Waals surface area (Å²) >= 11 is 0. The third kappa shape index (κ3) is 4.66. The summed E-state index contributed by atoms with van der Waals surface area (Å²) in [7, 11) is -5.75. The highest BCUT2D eigenvalue weighted by Crippen LogP contribution is 2.21. The average molecular weight is 339 g/mol. The van der Waals surface area contributed by atoms with E-state index in [1.54, 1.807) is 27.8 Å². The molecule has 0 bridgehead atoms. The van der Waals surface area contributed by atoms with Crippen LogP contribution in [0, 0.1) is 6.92 Å². The Kier molecular flexibility index (Phi) is 4.73. The Balaban J connectivity index is 2.97. The Hall–Kier alpha value is -1.17. The predicted octanol–water partition coefficient (Wildman–Crippen LogP) is -1.08. The van der Waals surface area contributed by atoms with Crippen LogP contribution in [0.15, 0.2) is 4.90 Å². The number of aromatic nitrogens is 2. The molecule has 0 fully saturated rings. The van der Waals surface area contributed by atoms with Crippen molar-refractivity contribution in [3.63, 3.8) is 0 Å². The van der Waals surface area contributed by atoms with E-state index in [0.29, 0.717) is 5.69 Å². The van der Waals surface area contributed by atoms with Crippen LogP contribution in [0.1, 0.15) is 19.5 Å². The first-order valence-corrected chi connectivity index (χ1v) is 9.40. The Morgan fingerprint density at radius 2 is 1.81 bits per heavy atom. The minimum Gasteiger partial charge on any atom is -0.381 e. The van der Waals surface area contributed by atoms with Crippen molar-refractivity contribution in [2.24, 2.45) is 7.05 Å². The van der Waals surface area contributed by atoms with Crippen LogP contribution >= 0.6 is 0 Å². The molecule has 4 N–H and O–H groups in total. The normalized spacial score (nSPS) is 13.6. The number of aryl methyl sites for hydroxylation is 1. The van der Waals surface area contributed by atoms with Gasteiger partial charge in [-0.3, -0.25) is 4.68 Å². The maximum atomic E-state index is 12.3. The van der Waals surface area contributed by atoms with E-state index in [-0.39, 0.29) is 17.3 Å². The van der Waals surface area contributed by atoms with E-state index in [1.807, 2.05) is 0 Å². The summed E-state index contributed by atoms with van der Waals surface area (Å²) in [4.78, 5) is -0.0971. The molecule has 0 saturated heterocycles.